The molecule has 1 aromatic heterocycles. The van der Waals surface area contributed by atoms with E-state index in [0.29, 0.717) is 38.0 Å². The molecule has 7 heteroatoms. The molecule has 1 atom stereocenters. The average molecular weight is 370 g/mol. The van der Waals surface area contributed by atoms with Crippen LogP contribution in [0.5, 0.6) is 0 Å². The van der Waals surface area contributed by atoms with E-state index in [1.807, 2.05) is 43.9 Å². The zero-order valence-electron chi connectivity index (χ0n) is 16.1. The Morgan fingerprint density at radius 2 is 1.93 bits per heavy atom. The lowest BCUT2D eigenvalue weighted by Gasteiger charge is -2.36. The van der Waals surface area contributed by atoms with Gasteiger partial charge < -0.3 is 19.5 Å². The van der Waals surface area contributed by atoms with Crippen LogP contribution >= 0.6 is 0 Å². The van der Waals surface area contributed by atoms with E-state index in [2.05, 4.69) is 15.5 Å². The van der Waals surface area contributed by atoms with Crippen LogP contribution in [0.4, 0.5) is 10.5 Å². The number of amides is 2. The lowest BCUT2D eigenvalue weighted by Crippen LogP contribution is -2.38. The number of para-hydroxylation sites is 1. The standard InChI is InChI=1S/C20H26N4O3/c1-13-5-4-6-14(2)17(13)22-19(25)24-11-16(18-21-15(3)23-27-18)20(12-24)7-9-26-10-8-20/h4-6,16H,7-12H2,1-3H3,(H,22,25). The molecule has 1 spiro atoms. The molecule has 2 aromatic rings. The van der Waals surface area contributed by atoms with E-state index in [1.54, 1.807) is 0 Å². The summed E-state index contributed by atoms with van der Waals surface area (Å²) < 4.78 is 11.1. The van der Waals surface area contributed by atoms with Crippen molar-refractivity contribution in [2.75, 3.05) is 31.6 Å². The van der Waals surface area contributed by atoms with Crippen molar-refractivity contribution in [1.29, 1.82) is 0 Å². The van der Waals surface area contributed by atoms with Crippen molar-refractivity contribution in [2.24, 2.45) is 5.41 Å². The van der Waals surface area contributed by atoms with Gasteiger partial charge in [-0.25, -0.2) is 4.79 Å². The summed E-state index contributed by atoms with van der Waals surface area (Å²) in [6.07, 6.45) is 1.79. The Hall–Kier alpha value is -2.41. The number of carbonyl (C=O) groups is 1. The third-order valence-electron chi connectivity index (χ3n) is 5.98. The van der Waals surface area contributed by atoms with Crippen molar-refractivity contribution >= 4 is 11.7 Å². The number of ether oxygens (including phenoxy) is 1. The highest BCUT2D eigenvalue weighted by Crippen LogP contribution is 2.49. The normalized spacial score (nSPS) is 21.6. The predicted octanol–water partition coefficient (Wildman–Crippen LogP) is 3.42. The second-order valence-corrected chi connectivity index (χ2v) is 7.78. The molecule has 7 nitrogen and oxygen atoms in total. The second kappa shape index (κ2) is 6.96. The number of nitrogens with zero attached hydrogens (tertiary/aromatic N) is 3. The number of rotatable bonds is 2. The molecule has 2 fully saturated rings. The van der Waals surface area contributed by atoms with E-state index in [0.717, 1.165) is 29.7 Å². The maximum atomic E-state index is 13.0. The minimum absolute atomic E-state index is 0.0475. The van der Waals surface area contributed by atoms with Gasteiger partial charge in [-0.2, -0.15) is 4.98 Å². The molecule has 2 aliphatic rings. The number of hydrogen-bond acceptors (Lipinski definition) is 5. The summed E-state index contributed by atoms with van der Waals surface area (Å²) in [5.74, 6) is 1.31. The molecule has 0 bridgehead atoms. The summed E-state index contributed by atoms with van der Waals surface area (Å²) in [6.45, 7) is 8.51. The van der Waals surface area contributed by atoms with Gasteiger partial charge in [0.05, 0.1) is 5.92 Å². The van der Waals surface area contributed by atoms with Crippen LogP contribution in [-0.2, 0) is 4.74 Å². The van der Waals surface area contributed by atoms with E-state index in [1.165, 1.54) is 0 Å². The summed E-state index contributed by atoms with van der Waals surface area (Å²) in [5, 5.41) is 7.07. The molecule has 1 aromatic carbocycles. The first-order chi connectivity index (χ1) is 13.0. The van der Waals surface area contributed by atoms with Crippen molar-refractivity contribution in [1.82, 2.24) is 15.0 Å². The monoisotopic (exact) mass is 370 g/mol. The summed E-state index contributed by atoms with van der Waals surface area (Å²) in [5.41, 5.74) is 2.95. The van der Waals surface area contributed by atoms with Crippen LogP contribution in [0.25, 0.3) is 0 Å². The largest absolute Gasteiger partial charge is 0.381 e. The van der Waals surface area contributed by atoms with Crippen molar-refractivity contribution in [3.63, 3.8) is 0 Å². The van der Waals surface area contributed by atoms with E-state index in [9.17, 15) is 4.79 Å². The minimum atomic E-state index is -0.0722. The molecule has 4 rings (SSSR count). The predicted molar refractivity (Wildman–Crippen MR) is 101 cm³/mol. The van der Waals surface area contributed by atoms with Crippen LogP contribution < -0.4 is 5.32 Å². The fraction of sp³-hybridized carbons (Fsp3) is 0.550. The van der Waals surface area contributed by atoms with Crippen LogP contribution in [-0.4, -0.2) is 47.4 Å². The first-order valence-electron chi connectivity index (χ1n) is 9.49. The van der Waals surface area contributed by atoms with Gasteiger partial charge in [-0.3, -0.25) is 0 Å². The Bertz CT molecular complexity index is 821. The first-order valence-corrected chi connectivity index (χ1v) is 9.49. The lowest BCUT2D eigenvalue weighted by molar-refractivity contribution is 0.00959. The topological polar surface area (TPSA) is 80.5 Å². The molecule has 0 aliphatic carbocycles. The van der Waals surface area contributed by atoms with Gasteiger partial charge in [0.2, 0.25) is 5.89 Å². The fourth-order valence-electron chi connectivity index (χ4n) is 4.40. The number of carbonyl (C=O) groups excluding carboxylic acids is 1. The molecule has 3 heterocycles. The third kappa shape index (κ3) is 3.32. The summed E-state index contributed by atoms with van der Waals surface area (Å²) in [7, 11) is 0. The Kier molecular flexibility index (Phi) is 4.63. The van der Waals surface area contributed by atoms with E-state index in [-0.39, 0.29) is 17.4 Å². The zero-order valence-corrected chi connectivity index (χ0v) is 16.1. The molecular weight excluding hydrogens is 344 g/mol. The van der Waals surface area contributed by atoms with Gasteiger partial charge in [-0.1, -0.05) is 23.4 Å². The average Bonchev–Trinajstić information content (AvgIpc) is 3.23. The maximum Gasteiger partial charge on any atom is 0.321 e. The number of urea groups is 1. The molecule has 27 heavy (non-hydrogen) atoms. The second-order valence-electron chi connectivity index (χ2n) is 7.78. The smallest absolute Gasteiger partial charge is 0.321 e. The van der Waals surface area contributed by atoms with Crippen LogP contribution in [0.1, 0.15) is 41.6 Å². The van der Waals surface area contributed by atoms with Gasteiger partial charge in [-0.05, 0) is 44.7 Å². The molecule has 2 saturated heterocycles. The van der Waals surface area contributed by atoms with E-state index < -0.39 is 0 Å². The molecule has 0 saturated carbocycles. The number of nitrogens with one attached hydrogen (secondary N) is 1. The molecule has 1 N–H and O–H groups in total. The van der Waals surface area contributed by atoms with Gasteiger partial charge in [0.15, 0.2) is 5.82 Å². The van der Waals surface area contributed by atoms with Gasteiger partial charge in [0.1, 0.15) is 0 Å². The maximum absolute atomic E-state index is 13.0. The first kappa shape index (κ1) is 18.0. The highest BCUT2D eigenvalue weighted by atomic mass is 16.5. The van der Waals surface area contributed by atoms with Gasteiger partial charge in [0.25, 0.3) is 0 Å². The number of benzene rings is 1. The summed E-state index contributed by atoms with van der Waals surface area (Å²) in [6, 6.07) is 5.95. The number of likely N-dealkylation sites (tertiary alicyclic amines) is 1. The summed E-state index contributed by atoms with van der Waals surface area (Å²) >= 11 is 0. The van der Waals surface area contributed by atoms with E-state index >= 15 is 0 Å². The molecular formula is C20H26N4O3. The number of aryl methyl sites for hydroxylation is 3. The van der Waals surface area contributed by atoms with Crippen LogP contribution in [0, 0.1) is 26.2 Å². The molecule has 2 aliphatic heterocycles. The Morgan fingerprint density at radius 1 is 1.22 bits per heavy atom. The third-order valence-corrected chi connectivity index (χ3v) is 5.98. The van der Waals surface area contributed by atoms with Crippen LogP contribution in [0.3, 0.4) is 0 Å². The Morgan fingerprint density at radius 3 is 2.56 bits per heavy atom. The SMILES string of the molecule is Cc1noc(C2CN(C(=O)Nc3c(C)cccc3C)CC23CCOCC3)n1. The number of anilines is 1. The van der Waals surface area contributed by atoms with Gasteiger partial charge in [0, 0.05) is 37.4 Å². The molecule has 2 amide bonds. The van der Waals surface area contributed by atoms with Crippen molar-refractivity contribution in [2.45, 2.75) is 39.5 Å². The van der Waals surface area contributed by atoms with Crippen LogP contribution in [0.15, 0.2) is 22.7 Å². The lowest BCUT2D eigenvalue weighted by atomic mass is 9.72. The number of aromatic nitrogens is 2. The van der Waals surface area contributed by atoms with Crippen molar-refractivity contribution in [3.05, 3.63) is 41.0 Å². The van der Waals surface area contributed by atoms with Crippen molar-refractivity contribution in [3.8, 4) is 0 Å². The summed E-state index contributed by atoms with van der Waals surface area (Å²) in [4.78, 5) is 19.4. The highest BCUT2D eigenvalue weighted by Gasteiger charge is 2.51. The zero-order chi connectivity index (χ0) is 19.0. The highest BCUT2D eigenvalue weighted by molar-refractivity contribution is 5.91. The quantitative estimate of drug-likeness (QED) is 0.876. The van der Waals surface area contributed by atoms with Gasteiger partial charge in [-0.15, -0.1) is 0 Å². The molecule has 1 unspecified atom stereocenters. The van der Waals surface area contributed by atoms with Gasteiger partial charge >= 0.3 is 6.03 Å². The minimum Gasteiger partial charge on any atom is -0.381 e. The molecule has 0 radical (unpaired) electrons. The van der Waals surface area contributed by atoms with Crippen molar-refractivity contribution < 1.29 is 14.1 Å². The fourth-order valence-corrected chi connectivity index (χ4v) is 4.40. The Balaban J connectivity index is 1.58. The van der Waals surface area contributed by atoms with Crippen LogP contribution in [0.2, 0.25) is 0 Å². The Labute approximate surface area is 159 Å². The van der Waals surface area contributed by atoms with E-state index in [4.69, 9.17) is 9.26 Å². The molecule has 144 valence electrons. The number of hydrogen-bond donors (Lipinski definition) is 1.